The summed E-state index contributed by atoms with van der Waals surface area (Å²) in [5.74, 6) is -0.332. The van der Waals surface area contributed by atoms with Gasteiger partial charge in [0, 0.05) is 5.56 Å². The van der Waals surface area contributed by atoms with Gasteiger partial charge >= 0.3 is 6.36 Å². The lowest BCUT2D eigenvalue weighted by molar-refractivity contribution is -0.275. The van der Waals surface area contributed by atoms with Crippen LogP contribution in [0.15, 0.2) is 53.7 Å². The van der Waals surface area contributed by atoms with Gasteiger partial charge in [-0.25, -0.2) is 0 Å². The van der Waals surface area contributed by atoms with E-state index in [1.54, 1.807) is 30.3 Å². The highest BCUT2D eigenvalue weighted by atomic mass is 19.4. The molecule has 2 aromatic rings. The molecule has 0 unspecified atom stereocenters. The smallest absolute Gasteiger partial charge is 0.405 e. The van der Waals surface area contributed by atoms with Gasteiger partial charge in [-0.2, -0.15) is 5.26 Å². The maximum Gasteiger partial charge on any atom is 0.573 e. The Balaban J connectivity index is 1.99. The predicted octanol–water partition coefficient (Wildman–Crippen LogP) is 4.01. The van der Waals surface area contributed by atoms with Crippen molar-refractivity contribution in [3.8, 4) is 11.8 Å². The average molecular weight is 320 g/mol. The van der Waals surface area contributed by atoms with E-state index >= 15 is 0 Å². The minimum atomic E-state index is -4.77. The molecule has 0 saturated carbocycles. The summed E-state index contributed by atoms with van der Waals surface area (Å²) in [5.41, 5.74) is 1.33. The average Bonchev–Trinajstić information content (AvgIpc) is 2.52. The van der Waals surface area contributed by atoms with Crippen molar-refractivity contribution in [2.24, 2.45) is 5.16 Å². The Morgan fingerprint density at radius 2 is 1.91 bits per heavy atom. The van der Waals surface area contributed by atoms with Gasteiger partial charge in [0.05, 0.1) is 17.8 Å². The molecule has 0 heterocycles. The Labute approximate surface area is 130 Å². The van der Waals surface area contributed by atoms with Crippen molar-refractivity contribution in [3.05, 3.63) is 65.2 Å². The molecule has 0 aliphatic carbocycles. The number of nitrogens with zero attached hydrogens (tertiary/aromatic N) is 2. The van der Waals surface area contributed by atoms with Crippen LogP contribution in [0, 0.1) is 11.3 Å². The minimum Gasteiger partial charge on any atom is -0.405 e. The molecule has 0 amide bonds. The number of oxime groups is 1. The molecule has 0 bridgehead atoms. The highest BCUT2D eigenvalue weighted by molar-refractivity contribution is 5.79. The standard InChI is InChI=1S/C16H11F3N2O2/c17-16(18,19)23-15-7-2-1-6-14(15)11-22-21-10-13-5-3-4-12(8-13)9-20/h1-8,10H,11H2. The van der Waals surface area contributed by atoms with Crippen LogP contribution in [0.5, 0.6) is 5.75 Å². The van der Waals surface area contributed by atoms with E-state index in [9.17, 15) is 13.2 Å². The second-order valence-corrected chi connectivity index (χ2v) is 4.40. The van der Waals surface area contributed by atoms with Crippen LogP contribution in [0.1, 0.15) is 16.7 Å². The van der Waals surface area contributed by atoms with Crippen LogP contribution in [0.4, 0.5) is 13.2 Å². The zero-order valence-corrected chi connectivity index (χ0v) is 11.7. The first-order valence-electron chi connectivity index (χ1n) is 6.47. The van der Waals surface area contributed by atoms with E-state index in [1.165, 1.54) is 24.4 Å². The Morgan fingerprint density at radius 3 is 2.65 bits per heavy atom. The van der Waals surface area contributed by atoms with Crippen molar-refractivity contribution in [3.63, 3.8) is 0 Å². The largest absolute Gasteiger partial charge is 0.573 e. The molecule has 2 rings (SSSR count). The number of benzene rings is 2. The predicted molar refractivity (Wildman–Crippen MR) is 76.7 cm³/mol. The van der Waals surface area contributed by atoms with Crippen molar-refractivity contribution in [2.45, 2.75) is 13.0 Å². The molecular formula is C16H11F3N2O2. The molecule has 2 aromatic carbocycles. The molecule has 118 valence electrons. The molecule has 23 heavy (non-hydrogen) atoms. The fraction of sp³-hybridized carbons (Fsp3) is 0.125. The lowest BCUT2D eigenvalue weighted by Crippen LogP contribution is -2.18. The van der Waals surface area contributed by atoms with Crippen LogP contribution < -0.4 is 4.74 Å². The monoisotopic (exact) mass is 320 g/mol. The summed E-state index contributed by atoms with van der Waals surface area (Å²) < 4.78 is 40.8. The number of para-hydroxylation sites is 1. The molecule has 0 atom stereocenters. The van der Waals surface area contributed by atoms with E-state index in [4.69, 9.17) is 10.1 Å². The molecule has 7 heteroatoms. The second kappa shape index (κ2) is 7.31. The maximum atomic E-state index is 12.3. The molecule has 4 nitrogen and oxygen atoms in total. The summed E-state index contributed by atoms with van der Waals surface area (Å²) >= 11 is 0. The number of hydrogen-bond donors (Lipinski definition) is 0. The van der Waals surface area contributed by atoms with Crippen molar-refractivity contribution in [2.75, 3.05) is 0 Å². The van der Waals surface area contributed by atoms with Gasteiger partial charge in [-0.3, -0.25) is 0 Å². The number of hydrogen-bond acceptors (Lipinski definition) is 4. The Kier molecular flexibility index (Phi) is 5.20. The van der Waals surface area contributed by atoms with E-state index in [0.29, 0.717) is 11.1 Å². The van der Waals surface area contributed by atoms with E-state index in [1.807, 2.05) is 6.07 Å². The van der Waals surface area contributed by atoms with Crippen LogP contribution >= 0.6 is 0 Å². The van der Waals surface area contributed by atoms with Gasteiger partial charge in [0.2, 0.25) is 0 Å². The number of ether oxygens (including phenoxy) is 1. The highest BCUT2D eigenvalue weighted by Gasteiger charge is 2.32. The number of rotatable bonds is 5. The van der Waals surface area contributed by atoms with Gasteiger partial charge in [0.25, 0.3) is 0 Å². The molecule has 0 N–H and O–H groups in total. The second-order valence-electron chi connectivity index (χ2n) is 4.40. The maximum absolute atomic E-state index is 12.3. The van der Waals surface area contributed by atoms with E-state index in [2.05, 4.69) is 9.89 Å². The molecule has 0 radical (unpaired) electrons. The summed E-state index contributed by atoms with van der Waals surface area (Å²) in [6.45, 7) is -0.180. The molecule has 0 fully saturated rings. The first-order valence-corrected chi connectivity index (χ1v) is 6.47. The summed E-state index contributed by atoms with van der Waals surface area (Å²) in [5, 5.41) is 12.5. The SMILES string of the molecule is N#Cc1cccc(C=NOCc2ccccc2OC(F)(F)F)c1. The minimum absolute atomic E-state index is 0.180. The van der Waals surface area contributed by atoms with Crippen LogP contribution in [0.25, 0.3) is 0 Å². The van der Waals surface area contributed by atoms with Crippen molar-refractivity contribution in [1.29, 1.82) is 5.26 Å². The zero-order chi connectivity index (χ0) is 16.7. The summed E-state index contributed by atoms with van der Waals surface area (Å²) in [6.07, 6.45) is -3.40. The van der Waals surface area contributed by atoms with Gasteiger partial charge < -0.3 is 9.57 Å². The van der Waals surface area contributed by atoms with Crippen LogP contribution in [-0.2, 0) is 11.4 Å². The number of halogens is 3. The number of nitriles is 1. The third-order valence-corrected chi connectivity index (χ3v) is 2.71. The summed E-state index contributed by atoms with van der Waals surface area (Å²) in [4.78, 5) is 4.99. The Hall–Kier alpha value is -3.01. The van der Waals surface area contributed by atoms with Crippen LogP contribution in [-0.4, -0.2) is 12.6 Å². The van der Waals surface area contributed by atoms with Crippen LogP contribution in [0.3, 0.4) is 0 Å². The summed E-state index contributed by atoms with van der Waals surface area (Å²) in [7, 11) is 0. The lowest BCUT2D eigenvalue weighted by Gasteiger charge is -2.12. The van der Waals surface area contributed by atoms with Gasteiger partial charge in [-0.05, 0) is 23.8 Å². The molecule has 0 spiro atoms. The fourth-order valence-corrected chi connectivity index (χ4v) is 1.74. The van der Waals surface area contributed by atoms with Gasteiger partial charge in [-0.15, -0.1) is 13.2 Å². The quantitative estimate of drug-likeness (QED) is 0.618. The van der Waals surface area contributed by atoms with E-state index in [-0.39, 0.29) is 17.9 Å². The highest BCUT2D eigenvalue weighted by Crippen LogP contribution is 2.26. The first kappa shape index (κ1) is 16.4. The van der Waals surface area contributed by atoms with Gasteiger partial charge in [-0.1, -0.05) is 35.5 Å². The topological polar surface area (TPSA) is 54.6 Å². The van der Waals surface area contributed by atoms with E-state index in [0.717, 1.165) is 0 Å². The van der Waals surface area contributed by atoms with Gasteiger partial charge in [0.1, 0.15) is 12.4 Å². The summed E-state index contributed by atoms with van der Waals surface area (Å²) in [6, 6.07) is 14.3. The third-order valence-electron chi connectivity index (χ3n) is 2.71. The Morgan fingerprint density at radius 1 is 1.13 bits per heavy atom. The van der Waals surface area contributed by atoms with Gasteiger partial charge in [0.15, 0.2) is 0 Å². The molecule has 0 aliphatic heterocycles. The van der Waals surface area contributed by atoms with Crippen molar-refractivity contribution in [1.82, 2.24) is 0 Å². The van der Waals surface area contributed by atoms with Crippen LogP contribution in [0.2, 0.25) is 0 Å². The fourth-order valence-electron chi connectivity index (χ4n) is 1.74. The normalized spacial score (nSPS) is 11.2. The van der Waals surface area contributed by atoms with Crippen molar-refractivity contribution < 1.29 is 22.7 Å². The molecule has 0 aliphatic rings. The molecular weight excluding hydrogens is 309 g/mol. The van der Waals surface area contributed by atoms with Crippen molar-refractivity contribution >= 4 is 6.21 Å². The molecule has 0 saturated heterocycles. The third kappa shape index (κ3) is 5.36. The first-order chi connectivity index (χ1) is 11.0. The Bertz CT molecular complexity index is 737. The zero-order valence-electron chi connectivity index (χ0n) is 11.7. The van der Waals surface area contributed by atoms with E-state index < -0.39 is 6.36 Å². The molecule has 0 aromatic heterocycles. The lowest BCUT2D eigenvalue weighted by atomic mass is 10.1. The number of alkyl halides is 3.